The molecule has 4 nitrogen and oxygen atoms in total. The summed E-state index contributed by atoms with van der Waals surface area (Å²) in [5, 5.41) is 3.33. The molecule has 0 aromatic carbocycles. The van der Waals surface area contributed by atoms with E-state index in [4.69, 9.17) is 5.73 Å². The van der Waals surface area contributed by atoms with Crippen molar-refractivity contribution in [1.82, 2.24) is 9.97 Å². The van der Waals surface area contributed by atoms with E-state index in [1.54, 1.807) is 12.4 Å². The van der Waals surface area contributed by atoms with Crippen molar-refractivity contribution in [3.05, 3.63) is 12.4 Å². The Kier molecular flexibility index (Phi) is 2.75. The lowest BCUT2D eigenvalue weighted by atomic mass is 10.0. The molecule has 3 N–H and O–H groups in total. The van der Waals surface area contributed by atoms with Crippen molar-refractivity contribution < 1.29 is 0 Å². The Bertz CT molecular complexity index is 316. The number of nitrogen functional groups attached to an aromatic ring is 1. The highest BCUT2D eigenvalue weighted by molar-refractivity contribution is 5.36. The Labute approximate surface area is 90.3 Å². The van der Waals surface area contributed by atoms with E-state index in [1.807, 2.05) is 0 Å². The van der Waals surface area contributed by atoms with Gasteiger partial charge in [-0.1, -0.05) is 13.3 Å². The summed E-state index contributed by atoms with van der Waals surface area (Å²) >= 11 is 0. The summed E-state index contributed by atoms with van der Waals surface area (Å²) in [7, 11) is 0. The molecule has 0 radical (unpaired) electrons. The van der Waals surface area contributed by atoms with E-state index < -0.39 is 0 Å². The number of nitrogens with one attached hydrogen (secondary N) is 1. The monoisotopic (exact) mass is 206 g/mol. The molecule has 1 aromatic heterocycles. The summed E-state index contributed by atoms with van der Waals surface area (Å²) in [5.74, 6) is 1.29. The van der Waals surface area contributed by atoms with E-state index in [1.165, 1.54) is 25.7 Å². The van der Waals surface area contributed by atoms with Crippen LogP contribution in [0.25, 0.3) is 0 Å². The van der Waals surface area contributed by atoms with Crippen molar-refractivity contribution in [2.45, 2.75) is 32.6 Å². The zero-order valence-electron chi connectivity index (χ0n) is 9.16. The van der Waals surface area contributed by atoms with Gasteiger partial charge in [0.1, 0.15) is 11.6 Å². The van der Waals surface area contributed by atoms with Crippen LogP contribution in [0.5, 0.6) is 0 Å². The molecule has 1 heterocycles. The van der Waals surface area contributed by atoms with Gasteiger partial charge in [-0.15, -0.1) is 0 Å². The first kappa shape index (κ1) is 10.2. The molecule has 0 atom stereocenters. The molecule has 1 fully saturated rings. The molecule has 1 saturated carbocycles. The van der Waals surface area contributed by atoms with Gasteiger partial charge in [0.15, 0.2) is 0 Å². The largest absolute Gasteiger partial charge is 0.382 e. The van der Waals surface area contributed by atoms with Gasteiger partial charge >= 0.3 is 0 Å². The van der Waals surface area contributed by atoms with Gasteiger partial charge in [-0.3, -0.25) is 0 Å². The van der Waals surface area contributed by atoms with E-state index in [-0.39, 0.29) is 0 Å². The summed E-state index contributed by atoms with van der Waals surface area (Å²) in [5.41, 5.74) is 6.01. The quantitative estimate of drug-likeness (QED) is 0.774. The molecule has 1 aromatic rings. The van der Waals surface area contributed by atoms with Crippen molar-refractivity contribution in [2.75, 3.05) is 17.6 Å². The van der Waals surface area contributed by atoms with Gasteiger partial charge in [0, 0.05) is 6.54 Å². The van der Waals surface area contributed by atoms with Crippen LogP contribution in [0.15, 0.2) is 12.4 Å². The predicted molar refractivity (Wildman–Crippen MR) is 61.5 cm³/mol. The van der Waals surface area contributed by atoms with Crippen molar-refractivity contribution in [2.24, 2.45) is 5.41 Å². The Morgan fingerprint density at radius 3 is 2.73 bits per heavy atom. The first-order valence-electron chi connectivity index (χ1n) is 5.55. The lowest BCUT2D eigenvalue weighted by Crippen LogP contribution is -2.16. The molecular formula is C11H18N4. The second kappa shape index (κ2) is 4.04. The van der Waals surface area contributed by atoms with Crippen LogP contribution in [0, 0.1) is 5.41 Å². The standard InChI is InChI=1S/C11H18N4/c1-2-3-11(4-5-11)8-15-10-7-13-9(12)6-14-10/h6-7H,2-5,8H2,1H3,(H2,12,13)(H,14,15). The van der Waals surface area contributed by atoms with Crippen LogP contribution in [-0.4, -0.2) is 16.5 Å². The molecule has 0 amide bonds. The molecule has 0 unspecified atom stereocenters. The van der Waals surface area contributed by atoms with Gasteiger partial charge in [0.05, 0.1) is 12.4 Å². The number of nitrogens with two attached hydrogens (primary N) is 1. The van der Waals surface area contributed by atoms with Gasteiger partial charge < -0.3 is 11.1 Å². The highest BCUT2D eigenvalue weighted by Gasteiger charge is 2.41. The molecule has 0 saturated heterocycles. The van der Waals surface area contributed by atoms with Gasteiger partial charge in [-0.2, -0.15) is 0 Å². The average Bonchev–Trinajstić information content (AvgIpc) is 2.99. The lowest BCUT2D eigenvalue weighted by molar-refractivity contribution is 0.485. The fourth-order valence-electron chi connectivity index (χ4n) is 1.93. The van der Waals surface area contributed by atoms with Crippen molar-refractivity contribution in [3.63, 3.8) is 0 Å². The highest BCUT2D eigenvalue weighted by Crippen LogP contribution is 2.49. The Hall–Kier alpha value is -1.32. The van der Waals surface area contributed by atoms with Crippen LogP contribution in [0.2, 0.25) is 0 Å². The fourth-order valence-corrected chi connectivity index (χ4v) is 1.93. The smallest absolute Gasteiger partial charge is 0.144 e. The molecule has 82 valence electrons. The topological polar surface area (TPSA) is 63.8 Å². The SMILES string of the molecule is CCCC1(CNc2cnc(N)cn2)CC1. The minimum Gasteiger partial charge on any atom is -0.382 e. The predicted octanol–water partition coefficient (Wildman–Crippen LogP) is 2.05. The van der Waals surface area contributed by atoms with E-state index in [9.17, 15) is 0 Å². The number of nitrogens with zero attached hydrogens (tertiary/aromatic N) is 2. The van der Waals surface area contributed by atoms with Crippen LogP contribution < -0.4 is 11.1 Å². The van der Waals surface area contributed by atoms with Gasteiger partial charge in [-0.05, 0) is 24.7 Å². The molecule has 0 bridgehead atoms. The number of rotatable bonds is 5. The first-order valence-corrected chi connectivity index (χ1v) is 5.55. The summed E-state index contributed by atoms with van der Waals surface area (Å²) in [6.45, 7) is 3.25. The first-order chi connectivity index (χ1) is 7.24. The van der Waals surface area contributed by atoms with Crippen LogP contribution in [0.1, 0.15) is 32.6 Å². The normalized spacial score (nSPS) is 17.4. The van der Waals surface area contributed by atoms with Crippen molar-refractivity contribution in [1.29, 1.82) is 0 Å². The Morgan fingerprint density at radius 2 is 2.20 bits per heavy atom. The van der Waals surface area contributed by atoms with Crippen LogP contribution in [-0.2, 0) is 0 Å². The summed E-state index contributed by atoms with van der Waals surface area (Å²) < 4.78 is 0. The van der Waals surface area contributed by atoms with Gasteiger partial charge in [-0.25, -0.2) is 9.97 Å². The van der Waals surface area contributed by atoms with Gasteiger partial charge in [0.25, 0.3) is 0 Å². The summed E-state index contributed by atoms with van der Waals surface area (Å²) in [6, 6.07) is 0. The number of anilines is 2. The fraction of sp³-hybridized carbons (Fsp3) is 0.636. The van der Waals surface area contributed by atoms with Crippen LogP contribution in [0.3, 0.4) is 0 Å². The molecule has 0 aliphatic heterocycles. The van der Waals surface area contributed by atoms with Crippen LogP contribution >= 0.6 is 0 Å². The maximum Gasteiger partial charge on any atom is 0.144 e. The average molecular weight is 206 g/mol. The lowest BCUT2D eigenvalue weighted by Gasteiger charge is -2.14. The third kappa shape index (κ3) is 2.58. The van der Waals surface area contributed by atoms with E-state index in [0.29, 0.717) is 11.2 Å². The molecule has 15 heavy (non-hydrogen) atoms. The third-order valence-corrected chi connectivity index (χ3v) is 3.05. The third-order valence-electron chi connectivity index (χ3n) is 3.05. The molecule has 1 aliphatic rings. The van der Waals surface area contributed by atoms with E-state index in [0.717, 1.165) is 12.4 Å². The molecule has 0 spiro atoms. The minimum atomic E-state index is 0.468. The molecule has 4 heteroatoms. The second-order valence-electron chi connectivity index (χ2n) is 4.43. The molecule has 1 aliphatic carbocycles. The number of hydrogen-bond acceptors (Lipinski definition) is 4. The minimum absolute atomic E-state index is 0.468. The summed E-state index contributed by atoms with van der Waals surface area (Å²) in [4.78, 5) is 8.17. The zero-order chi connectivity index (χ0) is 10.7. The van der Waals surface area contributed by atoms with Gasteiger partial charge in [0.2, 0.25) is 0 Å². The Morgan fingerprint density at radius 1 is 1.40 bits per heavy atom. The maximum atomic E-state index is 5.47. The van der Waals surface area contributed by atoms with E-state index >= 15 is 0 Å². The summed E-state index contributed by atoms with van der Waals surface area (Å²) in [6.07, 6.45) is 8.53. The maximum absolute atomic E-state index is 5.47. The number of aromatic nitrogens is 2. The number of hydrogen-bond donors (Lipinski definition) is 2. The van der Waals surface area contributed by atoms with Crippen LogP contribution in [0.4, 0.5) is 11.6 Å². The molecule has 2 rings (SSSR count). The highest BCUT2D eigenvalue weighted by atomic mass is 15.0. The van der Waals surface area contributed by atoms with E-state index in [2.05, 4.69) is 22.2 Å². The second-order valence-corrected chi connectivity index (χ2v) is 4.43. The Balaban J connectivity index is 1.85. The zero-order valence-corrected chi connectivity index (χ0v) is 9.16. The van der Waals surface area contributed by atoms with Crippen molar-refractivity contribution in [3.8, 4) is 0 Å². The molecular weight excluding hydrogens is 188 g/mol. The van der Waals surface area contributed by atoms with Crippen molar-refractivity contribution >= 4 is 11.6 Å².